The molecule has 0 aliphatic carbocycles. The fourth-order valence-electron chi connectivity index (χ4n) is 2.28. The van der Waals surface area contributed by atoms with Crippen LogP contribution in [0.3, 0.4) is 0 Å². The molecule has 2 nitrogen and oxygen atoms in total. The molecule has 1 unspecified atom stereocenters. The molecule has 0 fully saturated rings. The fraction of sp³-hybridized carbons (Fsp3) is 0.571. The van der Waals surface area contributed by atoms with Crippen molar-refractivity contribution in [1.29, 1.82) is 0 Å². The van der Waals surface area contributed by atoms with Crippen LogP contribution in [0.4, 0.5) is 0 Å². The fourth-order valence-corrected chi connectivity index (χ4v) is 2.28. The molecule has 0 saturated heterocycles. The molecule has 0 aromatic heterocycles. The van der Waals surface area contributed by atoms with Crippen molar-refractivity contribution in [2.45, 2.75) is 45.6 Å². The zero-order valence-electron chi connectivity index (χ0n) is 10.4. The molecule has 0 aliphatic heterocycles. The first-order valence-corrected chi connectivity index (χ1v) is 6.31. The second kappa shape index (κ2) is 7.42. The van der Waals surface area contributed by atoms with Gasteiger partial charge in [-0.05, 0) is 24.3 Å². The molecule has 1 atom stereocenters. The van der Waals surface area contributed by atoms with Crippen molar-refractivity contribution >= 4 is 0 Å². The average Bonchev–Trinajstić information content (AvgIpc) is 2.35. The summed E-state index contributed by atoms with van der Waals surface area (Å²) in [5, 5.41) is 0. The number of rotatable bonds is 7. The summed E-state index contributed by atoms with van der Waals surface area (Å²) >= 11 is 0. The van der Waals surface area contributed by atoms with Gasteiger partial charge in [0, 0.05) is 6.04 Å². The Bertz CT molecular complexity index is 267. The van der Waals surface area contributed by atoms with Crippen LogP contribution in [0.25, 0.3) is 0 Å². The van der Waals surface area contributed by atoms with Gasteiger partial charge in [0.25, 0.3) is 0 Å². The Morgan fingerprint density at radius 2 is 1.75 bits per heavy atom. The first-order valence-electron chi connectivity index (χ1n) is 6.31. The summed E-state index contributed by atoms with van der Waals surface area (Å²) < 4.78 is 0. The van der Waals surface area contributed by atoms with Gasteiger partial charge in [0.15, 0.2) is 0 Å². The number of hydrazine groups is 1. The summed E-state index contributed by atoms with van der Waals surface area (Å²) in [7, 11) is 0. The Labute approximate surface area is 99.2 Å². The van der Waals surface area contributed by atoms with E-state index >= 15 is 0 Å². The molecule has 90 valence electrons. The lowest BCUT2D eigenvalue weighted by Gasteiger charge is -2.24. The third-order valence-electron chi connectivity index (χ3n) is 3.42. The minimum absolute atomic E-state index is 0.440. The minimum atomic E-state index is 0.440. The quantitative estimate of drug-likeness (QED) is 0.548. The lowest BCUT2D eigenvalue weighted by atomic mass is 9.90. The first kappa shape index (κ1) is 13.2. The van der Waals surface area contributed by atoms with E-state index in [0.717, 1.165) is 12.8 Å². The molecule has 0 amide bonds. The van der Waals surface area contributed by atoms with Crippen molar-refractivity contribution in [2.75, 3.05) is 0 Å². The van der Waals surface area contributed by atoms with Gasteiger partial charge in [0.1, 0.15) is 0 Å². The van der Waals surface area contributed by atoms with Crippen molar-refractivity contribution < 1.29 is 0 Å². The van der Waals surface area contributed by atoms with E-state index < -0.39 is 0 Å². The van der Waals surface area contributed by atoms with Gasteiger partial charge >= 0.3 is 0 Å². The second-order valence-electron chi connectivity index (χ2n) is 4.37. The molecule has 1 aromatic carbocycles. The molecule has 2 heteroatoms. The summed E-state index contributed by atoms with van der Waals surface area (Å²) in [6, 6.07) is 11.0. The molecule has 0 spiro atoms. The standard InChI is InChI=1S/C14H24N2/c1-3-13(4-2)14(16-15)11-10-12-8-6-5-7-9-12/h5-9,13-14,16H,3-4,10-11,15H2,1-2H3. The normalized spacial score (nSPS) is 13.0. The molecule has 0 heterocycles. The predicted molar refractivity (Wildman–Crippen MR) is 69.9 cm³/mol. The van der Waals surface area contributed by atoms with Gasteiger partial charge in [-0.1, -0.05) is 57.0 Å². The summed E-state index contributed by atoms with van der Waals surface area (Å²) in [6.07, 6.45) is 4.61. The van der Waals surface area contributed by atoms with Crippen LogP contribution in [0.15, 0.2) is 30.3 Å². The van der Waals surface area contributed by atoms with E-state index in [0.29, 0.717) is 12.0 Å². The summed E-state index contributed by atoms with van der Waals surface area (Å²) in [6.45, 7) is 4.47. The third kappa shape index (κ3) is 3.95. The highest BCUT2D eigenvalue weighted by Gasteiger charge is 2.16. The van der Waals surface area contributed by atoms with Crippen molar-refractivity contribution in [2.24, 2.45) is 11.8 Å². The highest BCUT2D eigenvalue weighted by atomic mass is 15.2. The Balaban J connectivity index is 2.45. The largest absolute Gasteiger partial charge is 0.271 e. The topological polar surface area (TPSA) is 38.0 Å². The van der Waals surface area contributed by atoms with Crippen molar-refractivity contribution in [1.82, 2.24) is 5.43 Å². The second-order valence-corrected chi connectivity index (χ2v) is 4.37. The van der Waals surface area contributed by atoms with Gasteiger partial charge in [-0.3, -0.25) is 11.3 Å². The van der Waals surface area contributed by atoms with Crippen LogP contribution in [-0.2, 0) is 6.42 Å². The number of hydrogen-bond acceptors (Lipinski definition) is 2. The van der Waals surface area contributed by atoms with Gasteiger partial charge in [-0.25, -0.2) is 0 Å². The van der Waals surface area contributed by atoms with E-state index in [-0.39, 0.29) is 0 Å². The van der Waals surface area contributed by atoms with Crippen LogP contribution < -0.4 is 11.3 Å². The Morgan fingerprint density at radius 3 is 2.25 bits per heavy atom. The molecule has 0 bridgehead atoms. The van der Waals surface area contributed by atoms with Crippen LogP contribution in [-0.4, -0.2) is 6.04 Å². The maximum atomic E-state index is 5.64. The zero-order valence-corrected chi connectivity index (χ0v) is 10.4. The molecular weight excluding hydrogens is 196 g/mol. The van der Waals surface area contributed by atoms with Crippen LogP contribution in [0.5, 0.6) is 0 Å². The van der Waals surface area contributed by atoms with E-state index in [4.69, 9.17) is 5.84 Å². The van der Waals surface area contributed by atoms with Gasteiger partial charge in [0.2, 0.25) is 0 Å². The van der Waals surface area contributed by atoms with Crippen molar-refractivity contribution in [3.8, 4) is 0 Å². The monoisotopic (exact) mass is 220 g/mol. The van der Waals surface area contributed by atoms with Crippen molar-refractivity contribution in [3.63, 3.8) is 0 Å². The first-order chi connectivity index (χ1) is 7.81. The molecule has 3 N–H and O–H groups in total. The Hall–Kier alpha value is -0.860. The van der Waals surface area contributed by atoms with Gasteiger partial charge in [0.05, 0.1) is 0 Å². The van der Waals surface area contributed by atoms with Gasteiger partial charge in [-0.2, -0.15) is 0 Å². The van der Waals surface area contributed by atoms with E-state index in [1.54, 1.807) is 0 Å². The Morgan fingerprint density at radius 1 is 1.12 bits per heavy atom. The number of aryl methyl sites for hydroxylation is 1. The molecular formula is C14H24N2. The molecule has 0 radical (unpaired) electrons. The SMILES string of the molecule is CCC(CC)C(CCc1ccccc1)NN. The maximum absolute atomic E-state index is 5.64. The maximum Gasteiger partial charge on any atom is 0.0241 e. The molecule has 1 aromatic rings. The van der Waals surface area contributed by atoms with Crippen LogP contribution in [0, 0.1) is 5.92 Å². The van der Waals surface area contributed by atoms with E-state index in [1.807, 2.05) is 0 Å². The third-order valence-corrected chi connectivity index (χ3v) is 3.42. The van der Waals surface area contributed by atoms with E-state index in [9.17, 15) is 0 Å². The van der Waals surface area contributed by atoms with Crippen LogP contribution in [0.1, 0.15) is 38.7 Å². The lowest BCUT2D eigenvalue weighted by Crippen LogP contribution is -2.40. The predicted octanol–water partition coefficient (Wildman–Crippen LogP) is 2.89. The van der Waals surface area contributed by atoms with Crippen LogP contribution >= 0.6 is 0 Å². The average molecular weight is 220 g/mol. The van der Waals surface area contributed by atoms with Crippen LogP contribution in [0.2, 0.25) is 0 Å². The zero-order chi connectivity index (χ0) is 11.8. The molecule has 0 aliphatic rings. The minimum Gasteiger partial charge on any atom is -0.271 e. The number of benzene rings is 1. The Kier molecular flexibility index (Phi) is 6.12. The number of hydrogen-bond donors (Lipinski definition) is 2. The highest BCUT2D eigenvalue weighted by Crippen LogP contribution is 2.17. The molecule has 1 rings (SSSR count). The van der Waals surface area contributed by atoms with E-state index in [2.05, 4.69) is 49.6 Å². The lowest BCUT2D eigenvalue weighted by molar-refractivity contribution is 0.321. The molecule has 0 saturated carbocycles. The summed E-state index contributed by atoms with van der Waals surface area (Å²) in [4.78, 5) is 0. The van der Waals surface area contributed by atoms with Gasteiger partial charge < -0.3 is 0 Å². The highest BCUT2D eigenvalue weighted by molar-refractivity contribution is 5.14. The van der Waals surface area contributed by atoms with Crippen molar-refractivity contribution in [3.05, 3.63) is 35.9 Å². The number of nitrogens with two attached hydrogens (primary N) is 1. The van der Waals surface area contributed by atoms with Gasteiger partial charge in [-0.15, -0.1) is 0 Å². The summed E-state index contributed by atoms with van der Waals surface area (Å²) in [5.41, 5.74) is 4.37. The van der Waals surface area contributed by atoms with E-state index in [1.165, 1.54) is 18.4 Å². The smallest absolute Gasteiger partial charge is 0.0241 e. The summed E-state index contributed by atoms with van der Waals surface area (Å²) in [5.74, 6) is 6.33. The molecule has 16 heavy (non-hydrogen) atoms. The number of nitrogens with one attached hydrogen (secondary N) is 1.